The molecule has 0 aliphatic heterocycles. The van der Waals surface area contributed by atoms with Crippen LogP contribution in [0.3, 0.4) is 0 Å². The molecule has 0 radical (unpaired) electrons. The van der Waals surface area contributed by atoms with Gasteiger partial charge in [0.2, 0.25) is 10.0 Å². The minimum atomic E-state index is -3.66. The van der Waals surface area contributed by atoms with Gasteiger partial charge in [0.05, 0.1) is 22.2 Å². The van der Waals surface area contributed by atoms with Crippen molar-refractivity contribution >= 4 is 33.3 Å². The predicted octanol–water partition coefficient (Wildman–Crippen LogP) is 2.46. The van der Waals surface area contributed by atoms with Crippen LogP contribution >= 0.6 is 0 Å². The Morgan fingerprint density at radius 3 is 2.31 bits per heavy atom. The van der Waals surface area contributed by atoms with Crippen LogP contribution in [0.2, 0.25) is 0 Å². The molecule has 1 N–H and O–H groups in total. The van der Waals surface area contributed by atoms with Gasteiger partial charge >= 0.3 is 5.97 Å². The molecule has 0 bridgehead atoms. The number of nitrogens with one attached hydrogen (secondary N) is 1. The summed E-state index contributed by atoms with van der Waals surface area (Å²) in [5, 5.41) is 2.68. The Hall–Kier alpha value is -2.13. The summed E-state index contributed by atoms with van der Waals surface area (Å²) in [7, 11) is -0.0700. The second-order valence-electron chi connectivity index (χ2n) is 7.30. The van der Waals surface area contributed by atoms with Gasteiger partial charge in [0.1, 0.15) is 0 Å². The second kappa shape index (κ2) is 10.1. The molecule has 0 spiro atoms. The average Bonchev–Trinajstić information content (AvgIpc) is 3.21. The van der Waals surface area contributed by atoms with Crippen LogP contribution in [0.4, 0.5) is 11.4 Å². The quantitative estimate of drug-likeness (QED) is 0.611. The van der Waals surface area contributed by atoms with Crippen LogP contribution in [0.5, 0.6) is 0 Å². The average molecular weight is 426 g/mol. The van der Waals surface area contributed by atoms with Gasteiger partial charge in [-0.1, -0.05) is 26.7 Å². The molecule has 0 aromatic heterocycles. The summed E-state index contributed by atoms with van der Waals surface area (Å²) in [6, 6.07) is 4.62. The van der Waals surface area contributed by atoms with Gasteiger partial charge in [-0.3, -0.25) is 9.59 Å². The maximum atomic E-state index is 12.8. The highest BCUT2D eigenvalue weighted by atomic mass is 32.2. The lowest BCUT2D eigenvalue weighted by Gasteiger charge is -2.22. The van der Waals surface area contributed by atoms with Crippen LogP contribution in [-0.4, -0.2) is 58.4 Å². The molecule has 0 saturated heterocycles. The van der Waals surface area contributed by atoms with Gasteiger partial charge in [-0.25, -0.2) is 8.42 Å². The largest absolute Gasteiger partial charge is 0.455 e. The summed E-state index contributed by atoms with van der Waals surface area (Å²) in [4.78, 5) is 26.2. The van der Waals surface area contributed by atoms with Gasteiger partial charge in [-0.05, 0) is 31.0 Å². The van der Waals surface area contributed by atoms with E-state index in [0.717, 1.165) is 25.7 Å². The number of ether oxygens (including phenoxy) is 1. The lowest BCUT2D eigenvalue weighted by atomic mass is 10.1. The van der Waals surface area contributed by atoms with Crippen molar-refractivity contribution < 1.29 is 22.7 Å². The Morgan fingerprint density at radius 2 is 1.76 bits per heavy atom. The Balaban J connectivity index is 2.16. The molecule has 29 heavy (non-hydrogen) atoms. The zero-order chi connectivity index (χ0) is 21.6. The third-order valence-corrected chi connectivity index (χ3v) is 7.15. The van der Waals surface area contributed by atoms with Gasteiger partial charge in [-0.2, -0.15) is 4.31 Å². The van der Waals surface area contributed by atoms with E-state index in [1.807, 2.05) is 0 Å². The van der Waals surface area contributed by atoms with Crippen molar-refractivity contribution in [1.82, 2.24) is 4.31 Å². The van der Waals surface area contributed by atoms with Crippen LogP contribution in [0.25, 0.3) is 0 Å². The first-order valence-electron chi connectivity index (χ1n) is 9.98. The SMILES string of the molecule is CCN(CC)S(=O)(=O)c1ccc(N(C)C)c(NC(=O)COC(=O)C2CCCC2)c1. The fraction of sp³-hybridized carbons (Fsp3) is 0.600. The molecule has 2 rings (SSSR count). The standard InChI is InChI=1S/C20H31N3O5S/c1-5-23(6-2)29(26,27)16-11-12-18(22(3)4)17(13-16)21-19(24)14-28-20(25)15-9-7-8-10-15/h11-13,15H,5-10,14H2,1-4H3,(H,21,24). The fourth-order valence-corrected chi connectivity index (χ4v) is 4.97. The van der Waals surface area contributed by atoms with E-state index in [2.05, 4.69) is 5.32 Å². The van der Waals surface area contributed by atoms with E-state index in [0.29, 0.717) is 24.5 Å². The number of esters is 1. The zero-order valence-electron chi connectivity index (χ0n) is 17.6. The number of carbonyl (C=O) groups excluding carboxylic acids is 2. The number of nitrogens with zero attached hydrogens (tertiary/aromatic N) is 2. The van der Waals surface area contributed by atoms with Crippen molar-refractivity contribution in [2.24, 2.45) is 5.92 Å². The maximum absolute atomic E-state index is 12.8. The first-order valence-corrected chi connectivity index (χ1v) is 11.4. The molecule has 1 amide bonds. The van der Waals surface area contributed by atoms with Gasteiger partial charge in [0.15, 0.2) is 6.61 Å². The molecule has 1 fully saturated rings. The Morgan fingerprint density at radius 1 is 1.14 bits per heavy atom. The molecular weight excluding hydrogens is 394 g/mol. The topological polar surface area (TPSA) is 96.0 Å². The van der Waals surface area contributed by atoms with E-state index in [4.69, 9.17) is 4.74 Å². The van der Waals surface area contributed by atoms with E-state index in [1.54, 1.807) is 38.9 Å². The van der Waals surface area contributed by atoms with E-state index in [1.165, 1.54) is 16.4 Å². The van der Waals surface area contributed by atoms with Crippen LogP contribution in [-0.2, 0) is 24.3 Å². The first kappa shape index (κ1) is 23.2. The van der Waals surface area contributed by atoms with E-state index in [-0.39, 0.29) is 16.8 Å². The Bertz CT molecular complexity index is 829. The maximum Gasteiger partial charge on any atom is 0.309 e. The van der Waals surface area contributed by atoms with Crippen molar-refractivity contribution in [3.8, 4) is 0 Å². The molecular formula is C20H31N3O5S. The number of sulfonamides is 1. The van der Waals surface area contributed by atoms with Crippen molar-refractivity contribution in [3.63, 3.8) is 0 Å². The molecule has 0 unspecified atom stereocenters. The molecule has 1 saturated carbocycles. The lowest BCUT2D eigenvalue weighted by Crippen LogP contribution is -2.31. The lowest BCUT2D eigenvalue weighted by molar-refractivity contribution is -0.151. The van der Waals surface area contributed by atoms with Gasteiger partial charge in [0, 0.05) is 27.2 Å². The van der Waals surface area contributed by atoms with Crippen molar-refractivity contribution in [1.29, 1.82) is 0 Å². The first-order chi connectivity index (χ1) is 13.7. The van der Waals surface area contributed by atoms with Crippen molar-refractivity contribution in [2.75, 3.05) is 44.0 Å². The van der Waals surface area contributed by atoms with E-state index in [9.17, 15) is 18.0 Å². The summed E-state index contributed by atoms with van der Waals surface area (Å²) >= 11 is 0. The summed E-state index contributed by atoms with van der Waals surface area (Å²) in [5.74, 6) is -0.970. The van der Waals surface area contributed by atoms with Gasteiger partial charge in [-0.15, -0.1) is 0 Å². The van der Waals surface area contributed by atoms with Crippen molar-refractivity contribution in [3.05, 3.63) is 18.2 Å². The summed E-state index contributed by atoms with van der Waals surface area (Å²) in [6.07, 6.45) is 3.62. The summed E-state index contributed by atoms with van der Waals surface area (Å²) in [6.45, 7) is 3.86. The number of hydrogen-bond donors (Lipinski definition) is 1. The smallest absolute Gasteiger partial charge is 0.309 e. The summed E-state index contributed by atoms with van der Waals surface area (Å²) in [5.41, 5.74) is 1.00. The number of benzene rings is 1. The highest BCUT2D eigenvalue weighted by Gasteiger charge is 2.26. The van der Waals surface area contributed by atoms with Crippen LogP contribution in [0.15, 0.2) is 23.1 Å². The minimum absolute atomic E-state index is 0.102. The third kappa shape index (κ3) is 5.70. The molecule has 1 aliphatic carbocycles. The third-order valence-electron chi connectivity index (χ3n) is 5.10. The van der Waals surface area contributed by atoms with Gasteiger partial charge in [0.25, 0.3) is 5.91 Å². The van der Waals surface area contributed by atoms with E-state index >= 15 is 0 Å². The normalized spacial score (nSPS) is 14.8. The van der Waals surface area contributed by atoms with Crippen LogP contribution in [0, 0.1) is 5.92 Å². The molecule has 9 heteroatoms. The molecule has 1 aliphatic rings. The fourth-order valence-electron chi connectivity index (χ4n) is 3.48. The van der Waals surface area contributed by atoms with Crippen molar-refractivity contribution in [2.45, 2.75) is 44.4 Å². The highest BCUT2D eigenvalue weighted by molar-refractivity contribution is 7.89. The highest BCUT2D eigenvalue weighted by Crippen LogP contribution is 2.29. The zero-order valence-corrected chi connectivity index (χ0v) is 18.4. The number of amides is 1. The number of carbonyl (C=O) groups is 2. The predicted molar refractivity (Wildman–Crippen MR) is 112 cm³/mol. The molecule has 162 valence electrons. The van der Waals surface area contributed by atoms with E-state index < -0.39 is 22.5 Å². The molecule has 1 aromatic carbocycles. The van der Waals surface area contributed by atoms with Crippen LogP contribution in [0.1, 0.15) is 39.5 Å². The van der Waals surface area contributed by atoms with Crippen LogP contribution < -0.4 is 10.2 Å². The van der Waals surface area contributed by atoms with Gasteiger partial charge < -0.3 is 15.0 Å². The number of anilines is 2. The number of hydrogen-bond acceptors (Lipinski definition) is 6. The molecule has 1 aromatic rings. The minimum Gasteiger partial charge on any atom is -0.455 e. The summed E-state index contributed by atoms with van der Waals surface area (Å²) < 4.78 is 32.1. The second-order valence-corrected chi connectivity index (χ2v) is 9.24. The molecule has 8 nitrogen and oxygen atoms in total. The molecule has 0 atom stereocenters. The Labute approximate surface area is 173 Å². The molecule has 0 heterocycles. The monoisotopic (exact) mass is 425 g/mol. The number of rotatable bonds is 9. The Kier molecular flexibility index (Phi) is 8.04.